The molecule has 0 aliphatic rings. The summed E-state index contributed by atoms with van der Waals surface area (Å²) in [5, 5.41) is 10.4. The van der Waals surface area contributed by atoms with Crippen molar-refractivity contribution in [2.75, 3.05) is 0 Å². The smallest absolute Gasteiger partial charge is 0.164 e. The molecule has 4 heteroatoms. The van der Waals surface area contributed by atoms with Gasteiger partial charge < -0.3 is 0 Å². The van der Waals surface area contributed by atoms with Gasteiger partial charge in [-0.3, -0.25) is 4.98 Å². The number of para-hydroxylation sites is 1. The van der Waals surface area contributed by atoms with Gasteiger partial charge in [-0.2, -0.15) is 0 Å². The summed E-state index contributed by atoms with van der Waals surface area (Å²) in [7, 11) is 0. The maximum Gasteiger partial charge on any atom is 0.164 e. The Labute approximate surface area is 288 Å². The van der Waals surface area contributed by atoms with Gasteiger partial charge in [0, 0.05) is 33.8 Å². The maximum absolute atomic E-state index is 5.28. The zero-order valence-electron chi connectivity index (χ0n) is 27.0. The first-order chi connectivity index (χ1) is 24.8. The minimum Gasteiger partial charge on any atom is -0.256 e. The van der Waals surface area contributed by atoms with Crippen molar-refractivity contribution in [3.8, 4) is 45.3 Å². The number of hydrogen-bond donors (Lipinski definition) is 0. The van der Waals surface area contributed by atoms with Gasteiger partial charge >= 0.3 is 0 Å². The summed E-state index contributed by atoms with van der Waals surface area (Å²) in [6.07, 6.45) is 1.94. The van der Waals surface area contributed by atoms with Gasteiger partial charge in [0.05, 0.1) is 5.52 Å². The van der Waals surface area contributed by atoms with Crippen LogP contribution in [0.25, 0.3) is 99.3 Å². The summed E-state index contributed by atoms with van der Waals surface area (Å²) in [6.45, 7) is 0. The summed E-state index contributed by atoms with van der Waals surface area (Å²) >= 11 is 0. The molecule has 0 unspecified atom stereocenters. The summed E-state index contributed by atoms with van der Waals surface area (Å²) < 4.78 is 0. The minimum absolute atomic E-state index is 0.627. The van der Waals surface area contributed by atoms with Crippen molar-refractivity contribution in [1.29, 1.82) is 0 Å². The highest BCUT2D eigenvalue weighted by Gasteiger charge is 2.18. The van der Waals surface area contributed by atoms with Gasteiger partial charge in [0.15, 0.2) is 17.5 Å². The third-order valence-corrected chi connectivity index (χ3v) is 9.72. The molecule has 10 rings (SSSR count). The Kier molecular flexibility index (Phi) is 6.46. The lowest BCUT2D eigenvalue weighted by atomic mass is 9.96. The average Bonchev–Trinajstić information content (AvgIpc) is 3.20. The SMILES string of the molecule is c1ccc2ncc(-c3ccc(-c4nc(-c5cc6ccccc6c6ccccc56)nc(-c5cc6ccccc6c6ccccc56)n4)cc3)cc2c1. The molecular weight excluding hydrogens is 609 g/mol. The maximum atomic E-state index is 5.28. The number of nitrogens with zero attached hydrogens (tertiary/aromatic N) is 4. The standard InChI is InChI=1S/C46H28N4/c1-4-14-35-31(11-1)26-41(39-18-8-6-16-37(35)39)45-48-44(30-23-21-29(22-24-30)34-25-33-13-3-10-20-43(33)47-28-34)49-46(50-45)42-27-32-12-2-5-15-36(32)38-17-7-9-19-40(38)42/h1-28H. The summed E-state index contributed by atoms with van der Waals surface area (Å²) in [5.74, 6) is 1.92. The third-order valence-electron chi connectivity index (χ3n) is 9.72. The van der Waals surface area contributed by atoms with Crippen molar-refractivity contribution in [3.63, 3.8) is 0 Å². The van der Waals surface area contributed by atoms with Crippen LogP contribution in [0.2, 0.25) is 0 Å². The van der Waals surface area contributed by atoms with E-state index < -0.39 is 0 Å². The number of benzene rings is 8. The largest absolute Gasteiger partial charge is 0.256 e. The van der Waals surface area contributed by atoms with Crippen LogP contribution in [-0.2, 0) is 0 Å². The van der Waals surface area contributed by atoms with Gasteiger partial charge in [-0.05, 0) is 72.9 Å². The van der Waals surface area contributed by atoms with Crippen LogP contribution in [0.1, 0.15) is 0 Å². The highest BCUT2D eigenvalue weighted by Crippen LogP contribution is 2.38. The molecule has 0 spiro atoms. The van der Waals surface area contributed by atoms with E-state index in [2.05, 4.69) is 151 Å². The van der Waals surface area contributed by atoms with Crippen LogP contribution in [-0.4, -0.2) is 19.9 Å². The fraction of sp³-hybridized carbons (Fsp3) is 0. The Morgan fingerprint density at radius 2 is 0.740 bits per heavy atom. The lowest BCUT2D eigenvalue weighted by molar-refractivity contribution is 1.08. The molecule has 0 atom stereocenters. The predicted molar refractivity (Wildman–Crippen MR) is 207 cm³/mol. The van der Waals surface area contributed by atoms with Crippen LogP contribution in [0, 0.1) is 0 Å². The lowest BCUT2D eigenvalue weighted by Crippen LogP contribution is -2.01. The van der Waals surface area contributed by atoms with E-state index in [0.29, 0.717) is 17.5 Å². The van der Waals surface area contributed by atoms with E-state index in [1.165, 1.54) is 21.5 Å². The summed E-state index contributed by atoms with van der Waals surface area (Å²) in [6, 6.07) is 57.4. The first-order valence-electron chi connectivity index (χ1n) is 16.8. The van der Waals surface area contributed by atoms with Crippen LogP contribution >= 0.6 is 0 Å². The molecule has 4 nitrogen and oxygen atoms in total. The Bertz CT molecular complexity index is 2790. The zero-order valence-corrected chi connectivity index (χ0v) is 27.0. The average molecular weight is 637 g/mol. The first-order valence-corrected chi connectivity index (χ1v) is 16.8. The second-order valence-corrected chi connectivity index (χ2v) is 12.7. The van der Waals surface area contributed by atoms with Crippen molar-refractivity contribution in [3.05, 3.63) is 170 Å². The summed E-state index contributed by atoms with van der Waals surface area (Å²) in [5.41, 5.74) is 6.02. The van der Waals surface area contributed by atoms with Crippen molar-refractivity contribution in [2.45, 2.75) is 0 Å². The minimum atomic E-state index is 0.627. The Hall–Kier alpha value is -6.78. The Morgan fingerprint density at radius 1 is 0.300 bits per heavy atom. The van der Waals surface area contributed by atoms with Gasteiger partial charge in [-0.1, -0.05) is 140 Å². The fourth-order valence-corrected chi connectivity index (χ4v) is 7.27. The normalized spacial score (nSPS) is 11.6. The topological polar surface area (TPSA) is 51.6 Å². The molecule has 0 saturated carbocycles. The van der Waals surface area contributed by atoms with Crippen LogP contribution in [0.15, 0.2) is 170 Å². The highest BCUT2D eigenvalue weighted by molar-refractivity contribution is 6.14. The molecule has 2 aromatic heterocycles. The van der Waals surface area contributed by atoms with Gasteiger partial charge in [-0.15, -0.1) is 0 Å². The van der Waals surface area contributed by atoms with E-state index in [1.54, 1.807) is 0 Å². The van der Waals surface area contributed by atoms with E-state index in [4.69, 9.17) is 15.0 Å². The fourth-order valence-electron chi connectivity index (χ4n) is 7.27. The van der Waals surface area contributed by atoms with Crippen molar-refractivity contribution in [2.24, 2.45) is 0 Å². The molecule has 232 valence electrons. The Morgan fingerprint density at radius 3 is 1.32 bits per heavy atom. The highest BCUT2D eigenvalue weighted by atomic mass is 15.0. The predicted octanol–water partition coefficient (Wildman–Crippen LogP) is 11.7. The van der Waals surface area contributed by atoms with E-state index in [-0.39, 0.29) is 0 Å². The van der Waals surface area contributed by atoms with E-state index in [1.807, 2.05) is 24.4 Å². The molecule has 0 amide bonds. The molecule has 0 fully saturated rings. The molecule has 0 bridgehead atoms. The van der Waals surface area contributed by atoms with Gasteiger partial charge in [0.2, 0.25) is 0 Å². The molecular formula is C46H28N4. The van der Waals surface area contributed by atoms with E-state index in [9.17, 15) is 0 Å². The number of fused-ring (bicyclic) bond motifs is 7. The lowest BCUT2D eigenvalue weighted by Gasteiger charge is -2.14. The van der Waals surface area contributed by atoms with E-state index >= 15 is 0 Å². The first kappa shape index (κ1) is 28.3. The summed E-state index contributed by atoms with van der Waals surface area (Å²) in [4.78, 5) is 20.4. The van der Waals surface area contributed by atoms with Crippen molar-refractivity contribution >= 4 is 54.0 Å². The van der Waals surface area contributed by atoms with Crippen molar-refractivity contribution in [1.82, 2.24) is 19.9 Å². The molecule has 8 aromatic carbocycles. The molecule has 0 saturated heterocycles. The molecule has 50 heavy (non-hydrogen) atoms. The zero-order chi connectivity index (χ0) is 33.0. The second-order valence-electron chi connectivity index (χ2n) is 12.7. The van der Waals surface area contributed by atoms with Crippen LogP contribution in [0.5, 0.6) is 0 Å². The molecule has 0 N–H and O–H groups in total. The number of pyridine rings is 1. The van der Waals surface area contributed by atoms with Crippen LogP contribution in [0.3, 0.4) is 0 Å². The molecule has 0 aliphatic carbocycles. The molecule has 0 aliphatic heterocycles. The third kappa shape index (κ3) is 4.69. The number of aromatic nitrogens is 4. The van der Waals surface area contributed by atoms with Gasteiger partial charge in [-0.25, -0.2) is 15.0 Å². The monoisotopic (exact) mass is 636 g/mol. The number of hydrogen-bond acceptors (Lipinski definition) is 4. The number of rotatable bonds is 4. The second kappa shape index (κ2) is 11.4. The molecule has 2 heterocycles. The van der Waals surface area contributed by atoms with Gasteiger partial charge in [0.1, 0.15) is 0 Å². The Balaban J connectivity index is 1.21. The molecule has 0 radical (unpaired) electrons. The van der Waals surface area contributed by atoms with E-state index in [0.717, 1.165) is 60.3 Å². The quantitative estimate of drug-likeness (QED) is 0.180. The van der Waals surface area contributed by atoms with Crippen LogP contribution in [0.4, 0.5) is 0 Å². The molecule has 10 aromatic rings. The van der Waals surface area contributed by atoms with Crippen molar-refractivity contribution < 1.29 is 0 Å². The van der Waals surface area contributed by atoms with Crippen LogP contribution < -0.4 is 0 Å². The van der Waals surface area contributed by atoms with Gasteiger partial charge in [0.25, 0.3) is 0 Å².